The van der Waals surface area contributed by atoms with Crippen molar-refractivity contribution in [1.82, 2.24) is 15.5 Å². The SMILES string of the molecule is CC(NCC(O)C(N)=O)c1ccn[nH]1. The van der Waals surface area contributed by atoms with Gasteiger partial charge in [-0.2, -0.15) is 5.10 Å². The van der Waals surface area contributed by atoms with Crippen LogP contribution in [0, 0.1) is 0 Å². The molecule has 14 heavy (non-hydrogen) atoms. The molecule has 0 aromatic carbocycles. The molecule has 0 aliphatic rings. The van der Waals surface area contributed by atoms with E-state index in [1.54, 1.807) is 6.20 Å². The minimum absolute atomic E-state index is 0.00787. The Morgan fingerprint density at radius 2 is 2.57 bits per heavy atom. The van der Waals surface area contributed by atoms with E-state index < -0.39 is 12.0 Å². The number of carbonyl (C=O) groups excluding carboxylic acids is 1. The number of carbonyl (C=O) groups is 1. The zero-order valence-corrected chi connectivity index (χ0v) is 7.90. The maximum atomic E-state index is 10.5. The lowest BCUT2D eigenvalue weighted by atomic mass is 10.2. The number of rotatable bonds is 5. The Labute approximate surface area is 81.5 Å². The van der Waals surface area contributed by atoms with Crippen LogP contribution in [0.2, 0.25) is 0 Å². The quantitative estimate of drug-likeness (QED) is 0.482. The van der Waals surface area contributed by atoms with Crippen LogP contribution in [0.4, 0.5) is 0 Å². The Balaban J connectivity index is 2.35. The van der Waals surface area contributed by atoms with Gasteiger partial charge in [-0.15, -0.1) is 0 Å². The van der Waals surface area contributed by atoms with Crippen LogP contribution < -0.4 is 11.1 Å². The number of H-pyrrole nitrogens is 1. The fraction of sp³-hybridized carbons (Fsp3) is 0.500. The molecule has 0 aliphatic carbocycles. The summed E-state index contributed by atoms with van der Waals surface area (Å²) >= 11 is 0. The van der Waals surface area contributed by atoms with Crippen molar-refractivity contribution in [2.75, 3.05) is 6.54 Å². The Hall–Kier alpha value is -1.40. The summed E-state index contributed by atoms with van der Waals surface area (Å²) in [6.07, 6.45) is 0.484. The molecule has 5 N–H and O–H groups in total. The Morgan fingerprint density at radius 3 is 3.07 bits per heavy atom. The van der Waals surface area contributed by atoms with Gasteiger partial charge in [0.2, 0.25) is 5.91 Å². The Kier molecular flexibility index (Phi) is 3.61. The average Bonchev–Trinajstić information content (AvgIpc) is 2.66. The molecular formula is C8H14N4O2. The smallest absolute Gasteiger partial charge is 0.247 e. The van der Waals surface area contributed by atoms with Gasteiger partial charge in [0.1, 0.15) is 6.10 Å². The van der Waals surface area contributed by atoms with Crippen LogP contribution in [-0.2, 0) is 4.79 Å². The second-order valence-electron chi connectivity index (χ2n) is 3.06. The molecule has 0 aliphatic heterocycles. The molecule has 1 heterocycles. The first-order valence-corrected chi connectivity index (χ1v) is 4.31. The van der Waals surface area contributed by atoms with Crippen molar-refractivity contribution >= 4 is 5.91 Å². The van der Waals surface area contributed by atoms with E-state index >= 15 is 0 Å². The summed E-state index contributed by atoms with van der Waals surface area (Å²) in [5.41, 5.74) is 5.78. The van der Waals surface area contributed by atoms with E-state index in [0.29, 0.717) is 0 Å². The zero-order valence-electron chi connectivity index (χ0n) is 7.90. The number of nitrogens with one attached hydrogen (secondary N) is 2. The maximum Gasteiger partial charge on any atom is 0.247 e. The van der Waals surface area contributed by atoms with E-state index in [4.69, 9.17) is 10.8 Å². The third-order valence-electron chi connectivity index (χ3n) is 1.93. The first-order chi connectivity index (χ1) is 6.61. The van der Waals surface area contributed by atoms with E-state index in [-0.39, 0.29) is 12.6 Å². The fourth-order valence-electron chi connectivity index (χ4n) is 1.01. The summed E-state index contributed by atoms with van der Waals surface area (Å²) in [5, 5.41) is 18.6. The first kappa shape index (κ1) is 10.7. The number of amides is 1. The Morgan fingerprint density at radius 1 is 1.86 bits per heavy atom. The third kappa shape index (κ3) is 2.82. The van der Waals surface area contributed by atoms with Crippen LogP contribution in [0.25, 0.3) is 0 Å². The molecule has 2 atom stereocenters. The molecule has 1 rings (SSSR count). The lowest BCUT2D eigenvalue weighted by molar-refractivity contribution is -0.125. The second-order valence-corrected chi connectivity index (χ2v) is 3.06. The van der Waals surface area contributed by atoms with E-state index in [0.717, 1.165) is 5.69 Å². The number of hydrogen-bond acceptors (Lipinski definition) is 4. The molecule has 0 spiro atoms. The minimum atomic E-state index is -1.15. The van der Waals surface area contributed by atoms with Crippen molar-refractivity contribution in [3.63, 3.8) is 0 Å². The molecule has 6 nitrogen and oxygen atoms in total. The molecule has 6 heteroatoms. The van der Waals surface area contributed by atoms with Crippen molar-refractivity contribution in [2.45, 2.75) is 19.1 Å². The molecule has 1 amide bonds. The van der Waals surface area contributed by atoms with Gasteiger partial charge in [0, 0.05) is 18.8 Å². The summed E-state index contributed by atoms with van der Waals surface area (Å²) in [7, 11) is 0. The molecule has 0 fully saturated rings. The topological polar surface area (TPSA) is 104 Å². The molecule has 78 valence electrons. The monoisotopic (exact) mass is 198 g/mol. The Bertz CT molecular complexity index is 286. The number of aromatic nitrogens is 2. The summed E-state index contributed by atoms with van der Waals surface area (Å²) in [5.74, 6) is -0.727. The highest BCUT2D eigenvalue weighted by Gasteiger charge is 2.13. The molecule has 0 radical (unpaired) electrons. The molecule has 0 saturated carbocycles. The number of nitrogens with zero attached hydrogens (tertiary/aromatic N) is 1. The van der Waals surface area contributed by atoms with Gasteiger partial charge < -0.3 is 16.2 Å². The van der Waals surface area contributed by atoms with Crippen LogP contribution in [0.3, 0.4) is 0 Å². The van der Waals surface area contributed by atoms with Crippen molar-refractivity contribution in [1.29, 1.82) is 0 Å². The molecule has 1 aromatic heterocycles. The molecular weight excluding hydrogens is 184 g/mol. The summed E-state index contributed by atoms with van der Waals surface area (Å²) in [6.45, 7) is 2.02. The highest BCUT2D eigenvalue weighted by atomic mass is 16.3. The predicted molar refractivity (Wildman–Crippen MR) is 50.2 cm³/mol. The van der Waals surface area contributed by atoms with Crippen LogP contribution in [0.1, 0.15) is 18.7 Å². The van der Waals surface area contributed by atoms with Gasteiger partial charge in [0.15, 0.2) is 0 Å². The second kappa shape index (κ2) is 4.73. The van der Waals surface area contributed by atoms with Gasteiger partial charge in [-0.25, -0.2) is 0 Å². The maximum absolute atomic E-state index is 10.5. The van der Waals surface area contributed by atoms with E-state index in [9.17, 15) is 4.79 Å². The number of aromatic amines is 1. The predicted octanol–water partition coefficient (Wildman–Crippen LogP) is -1.09. The molecule has 1 aromatic rings. The van der Waals surface area contributed by atoms with Crippen molar-refractivity contribution in [2.24, 2.45) is 5.73 Å². The molecule has 0 bridgehead atoms. The van der Waals surface area contributed by atoms with Crippen LogP contribution in [0.15, 0.2) is 12.3 Å². The highest BCUT2D eigenvalue weighted by Crippen LogP contribution is 2.06. The van der Waals surface area contributed by atoms with Crippen LogP contribution in [-0.4, -0.2) is 33.9 Å². The third-order valence-corrected chi connectivity index (χ3v) is 1.93. The van der Waals surface area contributed by atoms with Crippen LogP contribution in [0.5, 0.6) is 0 Å². The largest absolute Gasteiger partial charge is 0.382 e. The zero-order chi connectivity index (χ0) is 10.6. The van der Waals surface area contributed by atoms with E-state index in [1.165, 1.54) is 0 Å². The van der Waals surface area contributed by atoms with Crippen molar-refractivity contribution in [3.05, 3.63) is 18.0 Å². The number of aliphatic hydroxyl groups excluding tert-OH is 1. The average molecular weight is 198 g/mol. The summed E-state index contributed by atoms with van der Waals surface area (Å²) in [6, 6.07) is 1.81. The normalized spacial score (nSPS) is 15.0. The van der Waals surface area contributed by atoms with Gasteiger partial charge in [0.25, 0.3) is 0 Å². The number of primary amides is 1. The van der Waals surface area contributed by atoms with Gasteiger partial charge in [0.05, 0.1) is 5.69 Å². The first-order valence-electron chi connectivity index (χ1n) is 4.31. The molecule has 0 saturated heterocycles. The number of hydrogen-bond donors (Lipinski definition) is 4. The van der Waals surface area contributed by atoms with Crippen LogP contribution >= 0.6 is 0 Å². The fourth-order valence-corrected chi connectivity index (χ4v) is 1.01. The number of aliphatic hydroxyl groups is 1. The van der Waals surface area contributed by atoms with Gasteiger partial charge in [-0.05, 0) is 13.0 Å². The van der Waals surface area contributed by atoms with Gasteiger partial charge >= 0.3 is 0 Å². The highest BCUT2D eigenvalue weighted by molar-refractivity contribution is 5.78. The van der Waals surface area contributed by atoms with Gasteiger partial charge in [-0.3, -0.25) is 9.89 Å². The van der Waals surface area contributed by atoms with Gasteiger partial charge in [-0.1, -0.05) is 0 Å². The standard InChI is InChI=1S/C8H14N4O2/c1-5(6-2-3-11-12-6)10-4-7(13)8(9)14/h2-3,5,7,10,13H,4H2,1H3,(H2,9,14)(H,11,12). The summed E-state index contributed by atoms with van der Waals surface area (Å²) < 4.78 is 0. The summed E-state index contributed by atoms with van der Waals surface area (Å²) in [4.78, 5) is 10.5. The lowest BCUT2D eigenvalue weighted by Gasteiger charge is -2.13. The molecule has 2 unspecified atom stereocenters. The van der Waals surface area contributed by atoms with Crippen molar-refractivity contribution in [3.8, 4) is 0 Å². The van der Waals surface area contributed by atoms with E-state index in [2.05, 4.69) is 15.5 Å². The van der Waals surface area contributed by atoms with E-state index in [1.807, 2.05) is 13.0 Å². The van der Waals surface area contributed by atoms with Crippen molar-refractivity contribution < 1.29 is 9.90 Å². The minimum Gasteiger partial charge on any atom is -0.382 e. The lowest BCUT2D eigenvalue weighted by Crippen LogP contribution is -2.38. The number of nitrogens with two attached hydrogens (primary N) is 1.